The number of benzene rings is 1. The standard InChI is InChI=1S/C15H20N2O4/c1-3-10(2)16-8-14(18)17-9-13(15(19)20)21-12-7-5-4-6-11(12)17/h4-7,10,13,16H,3,8-9H2,1-2H3,(H,19,20). The van der Waals surface area contributed by atoms with Crippen LogP contribution >= 0.6 is 0 Å². The molecule has 6 nitrogen and oxygen atoms in total. The molecule has 0 saturated carbocycles. The summed E-state index contributed by atoms with van der Waals surface area (Å²) in [5.41, 5.74) is 0.617. The first-order valence-electron chi connectivity index (χ1n) is 7.05. The van der Waals surface area contributed by atoms with Gasteiger partial charge in [0, 0.05) is 6.04 Å². The number of carbonyl (C=O) groups is 2. The average Bonchev–Trinajstić information content (AvgIpc) is 2.50. The van der Waals surface area contributed by atoms with E-state index >= 15 is 0 Å². The lowest BCUT2D eigenvalue weighted by Gasteiger charge is -2.33. The Balaban J connectivity index is 2.17. The predicted octanol–water partition coefficient (Wildman–Crippen LogP) is 1.25. The lowest BCUT2D eigenvalue weighted by atomic mass is 10.2. The number of ether oxygens (including phenoxy) is 1. The second kappa shape index (κ2) is 6.58. The van der Waals surface area contributed by atoms with Crippen LogP contribution in [-0.2, 0) is 9.59 Å². The summed E-state index contributed by atoms with van der Waals surface area (Å²) >= 11 is 0. The van der Waals surface area contributed by atoms with Gasteiger partial charge >= 0.3 is 5.97 Å². The van der Waals surface area contributed by atoms with Crippen LogP contribution in [0.15, 0.2) is 24.3 Å². The number of carboxylic acid groups (broad SMARTS) is 1. The maximum absolute atomic E-state index is 12.4. The van der Waals surface area contributed by atoms with E-state index in [1.807, 2.05) is 13.8 Å². The van der Waals surface area contributed by atoms with Crippen LogP contribution in [0.1, 0.15) is 20.3 Å². The van der Waals surface area contributed by atoms with E-state index in [9.17, 15) is 9.59 Å². The average molecular weight is 292 g/mol. The number of para-hydroxylation sites is 2. The highest BCUT2D eigenvalue weighted by atomic mass is 16.5. The Kier molecular flexibility index (Phi) is 4.80. The van der Waals surface area contributed by atoms with E-state index in [0.29, 0.717) is 11.4 Å². The summed E-state index contributed by atoms with van der Waals surface area (Å²) in [5.74, 6) is -0.803. The topological polar surface area (TPSA) is 78.9 Å². The van der Waals surface area contributed by atoms with Crippen LogP contribution in [0.5, 0.6) is 5.75 Å². The third-order valence-corrected chi connectivity index (χ3v) is 3.56. The lowest BCUT2D eigenvalue weighted by Crippen LogP contribution is -2.50. The minimum atomic E-state index is -1.07. The molecule has 1 aliphatic rings. The summed E-state index contributed by atoms with van der Waals surface area (Å²) in [5, 5.41) is 12.3. The van der Waals surface area contributed by atoms with E-state index in [1.165, 1.54) is 4.90 Å². The first-order chi connectivity index (χ1) is 10.0. The van der Waals surface area contributed by atoms with Gasteiger partial charge in [0.15, 0.2) is 0 Å². The third kappa shape index (κ3) is 3.52. The number of nitrogens with one attached hydrogen (secondary N) is 1. The molecule has 2 unspecified atom stereocenters. The highest BCUT2D eigenvalue weighted by Gasteiger charge is 2.33. The van der Waals surface area contributed by atoms with Crippen molar-refractivity contribution in [3.05, 3.63) is 24.3 Å². The van der Waals surface area contributed by atoms with Crippen LogP contribution in [0.4, 0.5) is 5.69 Å². The van der Waals surface area contributed by atoms with Crippen LogP contribution in [-0.4, -0.2) is 42.2 Å². The highest BCUT2D eigenvalue weighted by Crippen LogP contribution is 2.33. The number of rotatable bonds is 5. The van der Waals surface area contributed by atoms with Crippen molar-refractivity contribution in [2.24, 2.45) is 0 Å². The molecule has 1 amide bonds. The summed E-state index contributed by atoms with van der Waals surface area (Å²) in [7, 11) is 0. The maximum Gasteiger partial charge on any atom is 0.346 e. The van der Waals surface area contributed by atoms with Gasteiger partial charge < -0.3 is 20.1 Å². The number of carboxylic acids is 1. The Labute approximate surface area is 123 Å². The smallest absolute Gasteiger partial charge is 0.346 e. The predicted molar refractivity (Wildman–Crippen MR) is 78.6 cm³/mol. The third-order valence-electron chi connectivity index (χ3n) is 3.56. The normalized spacial score (nSPS) is 18.6. The Morgan fingerprint density at radius 2 is 2.19 bits per heavy atom. The molecule has 1 aromatic rings. The fraction of sp³-hybridized carbons (Fsp3) is 0.467. The lowest BCUT2D eigenvalue weighted by molar-refractivity contribution is -0.145. The molecule has 6 heteroatoms. The van der Waals surface area contributed by atoms with Crippen molar-refractivity contribution in [2.75, 3.05) is 18.0 Å². The van der Waals surface area contributed by atoms with E-state index in [1.54, 1.807) is 24.3 Å². The number of amides is 1. The molecule has 0 aliphatic carbocycles. The van der Waals surface area contributed by atoms with Crippen molar-refractivity contribution >= 4 is 17.6 Å². The SMILES string of the molecule is CCC(C)NCC(=O)N1CC(C(=O)O)Oc2ccccc21. The van der Waals surface area contributed by atoms with Gasteiger partial charge in [-0.25, -0.2) is 4.79 Å². The highest BCUT2D eigenvalue weighted by molar-refractivity contribution is 5.97. The minimum Gasteiger partial charge on any atom is -0.478 e. The summed E-state index contributed by atoms with van der Waals surface area (Å²) in [4.78, 5) is 25.0. The molecular formula is C15H20N2O4. The number of anilines is 1. The van der Waals surface area contributed by atoms with E-state index < -0.39 is 12.1 Å². The molecule has 0 radical (unpaired) electrons. The zero-order chi connectivity index (χ0) is 15.4. The molecule has 2 atom stereocenters. The van der Waals surface area contributed by atoms with E-state index in [4.69, 9.17) is 9.84 Å². The number of nitrogens with zero attached hydrogens (tertiary/aromatic N) is 1. The van der Waals surface area contributed by atoms with Crippen LogP contribution in [0, 0.1) is 0 Å². The molecule has 0 fully saturated rings. The minimum absolute atomic E-state index is 0.0212. The fourth-order valence-corrected chi connectivity index (χ4v) is 2.10. The van der Waals surface area contributed by atoms with E-state index in [2.05, 4.69) is 5.32 Å². The zero-order valence-electron chi connectivity index (χ0n) is 12.2. The Morgan fingerprint density at radius 3 is 2.86 bits per heavy atom. The molecule has 2 rings (SSSR count). The molecule has 0 saturated heterocycles. The van der Waals surface area contributed by atoms with Crippen LogP contribution < -0.4 is 15.0 Å². The quantitative estimate of drug-likeness (QED) is 0.854. The van der Waals surface area contributed by atoms with Crippen molar-refractivity contribution in [3.8, 4) is 5.75 Å². The van der Waals surface area contributed by atoms with Crippen molar-refractivity contribution in [1.29, 1.82) is 0 Å². The molecule has 0 bridgehead atoms. The van der Waals surface area contributed by atoms with Gasteiger partial charge in [-0.1, -0.05) is 19.1 Å². The van der Waals surface area contributed by atoms with Crippen molar-refractivity contribution in [2.45, 2.75) is 32.4 Å². The second-order valence-electron chi connectivity index (χ2n) is 5.11. The van der Waals surface area contributed by atoms with Crippen molar-refractivity contribution in [1.82, 2.24) is 5.32 Å². The first-order valence-corrected chi connectivity index (χ1v) is 7.05. The largest absolute Gasteiger partial charge is 0.478 e. The van der Waals surface area contributed by atoms with E-state index in [0.717, 1.165) is 6.42 Å². The number of carbonyl (C=O) groups excluding carboxylic acids is 1. The Hall–Kier alpha value is -2.08. The molecule has 1 aromatic carbocycles. The molecule has 114 valence electrons. The van der Waals surface area contributed by atoms with Gasteiger partial charge in [-0.3, -0.25) is 4.79 Å². The van der Waals surface area contributed by atoms with Gasteiger partial charge in [-0.05, 0) is 25.5 Å². The van der Waals surface area contributed by atoms with Gasteiger partial charge in [0.1, 0.15) is 5.75 Å². The Morgan fingerprint density at radius 1 is 1.48 bits per heavy atom. The van der Waals surface area contributed by atoms with Crippen molar-refractivity contribution in [3.63, 3.8) is 0 Å². The number of hydrogen-bond acceptors (Lipinski definition) is 4. The number of hydrogen-bond donors (Lipinski definition) is 2. The molecular weight excluding hydrogens is 272 g/mol. The van der Waals surface area contributed by atoms with Crippen LogP contribution in [0.25, 0.3) is 0 Å². The number of fused-ring (bicyclic) bond motifs is 1. The number of aliphatic carboxylic acids is 1. The van der Waals surface area contributed by atoms with E-state index in [-0.39, 0.29) is 25.0 Å². The van der Waals surface area contributed by atoms with Crippen LogP contribution in [0.2, 0.25) is 0 Å². The van der Waals surface area contributed by atoms with Gasteiger partial charge in [-0.15, -0.1) is 0 Å². The molecule has 2 N–H and O–H groups in total. The summed E-state index contributed by atoms with van der Waals surface area (Å²) in [6, 6.07) is 7.22. The zero-order valence-corrected chi connectivity index (χ0v) is 12.2. The second-order valence-corrected chi connectivity index (χ2v) is 5.11. The summed E-state index contributed by atoms with van der Waals surface area (Å²) in [6.45, 7) is 4.23. The Bertz CT molecular complexity index is 532. The van der Waals surface area contributed by atoms with Gasteiger partial charge in [0.2, 0.25) is 12.0 Å². The van der Waals surface area contributed by atoms with Crippen molar-refractivity contribution < 1.29 is 19.4 Å². The molecule has 1 heterocycles. The summed E-state index contributed by atoms with van der Waals surface area (Å²) < 4.78 is 5.41. The van der Waals surface area contributed by atoms with Gasteiger partial charge in [-0.2, -0.15) is 0 Å². The van der Waals surface area contributed by atoms with Gasteiger partial charge in [0.05, 0.1) is 18.8 Å². The first kappa shape index (κ1) is 15.3. The van der Waals surface area contributed by atoms with Gasteiger partial charge in [0.25, 0.3) is 0 Å². The maximum atomic E-state index is 12.4. The molecule has 21 heavy (non-hydrogen) atoms. The molecule has 1 aliphatic heterocycles. The fourth-order valence-electron chi connectivity index (χ4n) is 2.10. The summed E-state index contributed by atoms with van der Waals surface area (Å²) in [6.07, 6.45) is -0.113. The molecule has 0 aromatic heterocycles. The molecule has 0 spiro atoms. The monoisotopic (exact) mass is 292 g/mol. The van der Waals surface area contributed by atoms with Crippen LogP contribution in [0.3, 0.4) is 0 Å².